The van der Waals surface area contributed by atoms with E-state index in [1.807, 2.05) is 19.9 Å². The predicted molar refractivity (Wildman–Crippen MR) is 111 cm³/mol. The van der Waals surface area contributed by atoms with E-state index < -0.39 is 17.9 Å². The molecule has 1 aliphatic rings. The molecule has 2 aromatic heterocycles. The second kappa shape index (κ2) is 9.73. The van der Waals surface area contributed by atoms with Crippen LogP contribution in [0.25, 0.3) is 0 Å². The average Bonchev–Trinajstić information content (AvgIpc) is 3.34. The SMILES string of the molecule is CC(C)C(NC(=O)c1ccco1)C(=O)NNC(=O)c1cc2c(s1)CCCCCC2. The molecule has 1 aliphatic carbocycles. The summed E-state index contributed by atoms with van der Waals surface area (Å²) in [6.45, 7) is 3.63. The lowest BCUT2D eigenvalue weighted by Gasteiger charge is -2.21. The fourth-order valence-corrected chi connectivity index (χ4v) is 4.52. The molecule has 3 amide bonds. The molecule has 2 aromatic rings. The van der Waals surface area contributed by atoms with Gasteiger partial charge < -0.3 is 9.73 Å². The zero-order valence-corrected chi connectivity index (χ0v) is 17.6. The van der Waals surface area contributed by atoms with Crippen LogP contribution in [0.1, 0.15) is 70.2 Å². The molecule has 1 unspecified atom stereocenters. The Morgan fingerprint density at radius 3 is 2.48 bits per heavy atom. The average molecular weight is 418 g/mol. The maximum Gasteiger partial charge on any atom is 0.287 e. The summed E-state index contributed by atoms with van der Waals surface area (Å²) in [5, 5.41) is 2.64. The lowest BCUT2D eigenvalue weighted by molar-refractivity contribution is -0.124. The molecule has 2 heterocycles. The van der Waals surface area contributed by atoms with Gasteiger partial charge in [0.2, 0.25) is 0 Å². The van der Waals surface area contributed by atoms with Crippen LogP contribution in [0.4, 0.5) is 0 Å². The first-order valence-corrected chi connectivity index (χ1v) is 10.8. The largest absolute Gasteiger partial charge is 0.459 e. The molecule has 0 saturated carbocycles. The molecule has 1 atom stereocenters. The van der Waals surface area contributed by atoms with Gasteiger partial charge in [0.05, 0.1) is 11.1 Å². The number of aryl methyl sites for hydroxylation is 2. The van der Waals surface area contributed by atoms with Gasteiger partial charge in [-0.3, -0.25) is 25.2 Å². The highest BCUT2D eigenvalue weighted by molar-refractivity contribution is 7.14. The van der Waals surface area contributed by atoms with Gasteiger partial charge in [0, 0.05) is 4.88 Å². The van der Waals surface area contributed by atoms with Gasteiger partial charge in [-0.05, 0) is 55.4 Å². The van der Waals surface area contributed by atoms with Crippen molar-refractivity contribution < 1.29 is 18.8 Å². The number of carbonyl (C=O) groups is 3. The summed E-state index contributed by atoms with van der Waals surface area (Å²) >= 11 is 1.50. The summed E-state index contributed by atoms with van der Waals surface area (Å²) in [6.07, 6.45) is 8.16. The van der Waals surface area contributed by atoms with Crippen LogP contribution in [0.2, 0.25) is 0 Å². The number of furan rings is 1. The van der Waals surface area contributed by atoms with Crippen LogP contribution in [0, 0.1) is 5.92 Å². The maximum atomic E-state index is 12.5. The van der Waals surface area contributed by atoms with Gasteiger partial charge in [0.25, 0.3) is 17.7 Å². The van der Waals surface area contributed by atoms with Crippen molar-refractivity contribution in [1.29, 1.82) is 0 Å². The third-order valence-electron chi connectivity index (χ3n) is 5.00. The van der Waals surface area contributed by atoms with Crippen molar-refractivity contribution in [3.05, 3.63) is 45.5 Å². The number of rotatable bonds is 5. The smallest absolute Gasteiger partial charge is 0.287 e. The highest BCUT2D eigenvalue weighted by Gasteiger charge is 2.26. The number of fused-ring (bicyclic) bond motifs is 1. The number of hydrogen-bond acceptors (Lipinski definition) is 5. The van der Waals surface area contributed by atoms with Crippen molar-refractivity contribution in [1.82, 2.24) is 16.2 Å². The monoisotopic (exact) mass is 417 g/mol. The van der Waals surface area contributed by atoms with Gasteiger partial charge in [0.1, 0.15) is 6.04 Å². The summed E-state index contributed by atoms with van der Waals surface area (Å²) in [6, 6.07) is 4.25. The van der Waals surface area contributed by atoms with Crippen molar-refractivity contribution in [2.24, 2.45) is 5.92 Å². The minimum Gasteiger partial charge on any atom is -0.459 e. The molecular formula is C21H27N3O4S. The third kappa shape index (κ3) is 5.47. The van der Waals surface area contributed by atoms with E-state index in [0.717, 1.165) is 25.7 Å². The van der Waals surface area contributed by atoms with Crippen LogP contribution in [0.5, 0.6) is 0 Å². The van der Waals surface area contributed by atoms with E-state index in [0.29, 0.717) is 4.88 Å². The number of amides is 3. The number of hydrazine groups is 1. The Kier molecular flexibility index (Phi) is 7.09. The first-order valence-electron chi connectivity index (χ1n) is 10.0. The maximum absolute atomic E-state index is 12.5. The molecule has 0 radical (unpaired) electrons. The molecule has 7 nitrogen and oxygen atoms in total. The quantitative estimate of drug-likeness (QED) is 0.650. The van der Waals surface area contributed by atoms with Crippen molar-refractivity contribution in [2.45, 2.75) is 58.4 Å². The first kappa shape index (κ1) is 21.1. The van der Waals surface area contributed by atoms with E-state index in [4.69, 9.17) is 4.42 Å². The van der Waals surface area contributed by atoms with Gasteiger partial charge in [-0.2, -0.15) is 0 Å². The Hall–Kier alpha value is -2.61. The molecule has 3 rings (SSSR count). The number of nitrogens with one attached hydrogen (secondary N) is 3. The van der Waals surface area contributed by atoms with Gasteiger partial charge in [0.15, 0.2) is 5.76 Å². The second-order valence-corrected chi connectivity index (χ2v) is 8.73. The fourth-order valence-electron chi connectivity index (χ4n) is 3.37. The van der Waals surface area contributed by atoms with Crippen LogP contribution >= 0.6 is 11.3 Å². The zero-order valence-electron chi connectivity index (χ0n) is 16.7. The highest BCUT2D eigenvalue weighted by Crippen LogP contribution is 2.28. The minimum atomic E-state index is -0.809. The van der Waals surface area contributed by atoms with E-state index in [9.17, 15) is 14.4 Å². The van der Waals surface area contributed by atoms with Gasteiger partial charge in [-0.15, -0.1) is 11.3 Å². The Labute approximate surface area is 174 Å². The van der Waals surface area contributed by atoms with E-state index in [2.05, 4.69) is 16.2 Å². The first-order chi connectivity index (χ1) is 14.0. The Morgan fingerprint density at radius 2 is 1.79 bits per heavy atom. The van der Waals surface area contributed by atoms with Crippen LogP contribution in [-0.2, 0) is 17.6 Å². The summed E-state index contributed by atoms with van der Waals surface area (Å²) in [5.74, 6) is -1.35. The van der Waals surface area contributed by atoms with Crippen molar-refractivity contribution in [3.8, 4) is 0 Å². The summed E-state index contributed by atoms with van der Waals surface area (Å²) in [7, 11) is 0. The van der Waals surface area contributed by atoms with Crippen molar-refractivity contribution in [3.63, 3.8) is 0 Å². The molecule has 0 aliphatic heterocycles. The molecule has 0 saturated heterocycles. The van der Waals surface area contributed by atoms with Gasteiger partial charge in [-0.1, -0.05) is 26.7 Å². The summed E-state index contributed by atoms with van der Waals surface area (Å²) in [4.78, 5) is 39.1. The second-order valence-electron chi connectivity index (χ2n) is 7.59. The molecule has 156 valence electrons. The Morgan fingerprint density at radius 1 is 1.03 bits per heavy atom. The Balaban J connectivity index is 1.58. The lowest BCUT2D eigenvalue weighted by atomic mass is 10.00. The zero-order chi connectivity index (χ0) is 20.8. The van der Waals surface area contributed by atoms with Gasteiger partial charge >= 0.3 is 0 Å². The molecule has 29 heavy (non-hydrogen) atoms. The van der Waals surface area contributed by atoms with Crippen LogP contribution < -0.4 is 16.2 Å². The molecule has 0 fully saturated rings. The minimum absolute atomic E-state index is 0.128. The molecule has 8 heteroatoms. The van der Waals surface area contributed by atoms with Crippen molar-refractivity contribution in [2.75, 3.05) is 0 Å². The molecule has 3 N–H and O–H groups in total. The summed E-state index contributed by atoms with van der Waals surface area (Å²) in [5.41, 5.74) is 6.17. The summed E-state index contributed by atoms with van der Waals surface area (Å²) < 4.78 is 5.06. The third-order valence-corrected chi connectivity index (χ3v) is 6.24. The van der Waals surface area contributed by atoms with E-state index in [1.165, 1.54) is 46.9 Å². The Bertz CT molecular complexity index is 832. The number of hydrogen-bond donors (Lipinski definition) is 3. The van der Waals surface area contributed by atoms with E-state index in [-0.39, 0.29) is 17.6 Å². The van der Waals surface area contributed by atoms with Crippen molar-refractivity contribution >= 4 is 29.1 Å². The number of thiophene rings is 1. The fraction of sp³-hybridized carbons (Fsp3) is 0.476. The standard InChI is InChI=1S/C21H27N3O4S/c1-13(2)18(22-19(25)15-9-7-11-28-15)21(27)24-23-20(26)17-12-14-8-5-3-4-6-10-16(14)29-17/h7,9,11-13,18H,3-6,8,10H2,1-2H3,(H,22,25)(H,23,26)(H,24,27). The highest BCUT2D eigenvalue weighted by atomic mass is 32.1. The molecule has 0 bridgehead atoms. The normalized spacial score (nSPS) is 15.0. The van der Waals surface area contributed by atoms with Crippen LogP contribution in [-0.4, -0.2) is 23.8 Å². The molecule has 0 spiro atoms. The van der Waals surface area contributed by atoms with Crippen LogP contribution in [0.15, 0.2) is 28.9 Å². The molecular weight excluding hydrogens is 390 g/mol. The van der Waals surface area contributed by atoms with Gasteiger partial charge in [-0.25, -0.2) is 0 Å². The van der Waals surface area contributed by atoms with E-state index in [1.54, 1.807) is 6.07 Å². The van der Waals surface area contributed by atoms with E-state index >= 15 is 0 Å². The number of carbonyl (C=O) groups excluding carboxylic acids is 3. The van der Waals surface area contributed by atoms with Crippen LogP contribution in [0.3, 0.4) is 0 Å². The predicted octanol–water partition coefficient (Wildman–Crippen LogP) is 3.22. The lowest BCUT2D eigenvalue weighted by Crippen LogP contribution is -2.54. The topological polar surface area (TPSA) is 100 Å². The molecule has 0 aromatic carbocycles.